The molecule has 1 fully saturated rings. The molecule has 16 heavy (non-hydrogen) atoms. The van der Waals surface area contributed by atoms with Gasteiger partial charge in [0.15, 0.2) is 0 Å². The first-order valence-electron chi connectivity index (χ1n) is 5.96. The van der Waals surface area contributed by atoms with Crippen LogP contribution < -0.4 is 5.73 Å². The molecular weight excluding hydrogens is 196 g/mol. The van der Waals surface area contributed by atoms with Crippen LogP contribution in [-0.2, 0) is 13.1 Å². The molecule has 0 unspecified atom stereocenters. The van der Waals surface area contributed by atoms with Crippen molar-refractivity contribution in [3.05, 3.63) is 48.0 Å². The van der Waals surface area contributed by atoms with Crippen molar-refractivity contribution < 1.29 is 0 Å². The van der Waals surface area contributed by atoms with E-state index in [1.54, 1.807) is 0 Å². The van der Waals surface area contributed by atoms with Gasteiger partial charge in [0.1, 0.15) is 0 Å². The number of rotatable bonds is 6. The van der Waals surface area contributed by atoms with E-state index < -0.39 is 0 Å². The second-order valence-electron chi connectivity index (χ2n) is 4.47. The highest BCUT2D eigenvalue weighted by atomic mass is 15.2. The van der Waals surface area contributed by atoms with Crippen LogP contribution in [0.3, 0.4) is 0 Å². The fourth-order valence-electron chi connectivity index (χ4n) is 1.96. The van der Waals surface area contributed by atoms with E-state index in [1.807, 2.05) is 6.08 Å². The highest BCUT2D eigenvalue weighted by Crippen LogP contribution is 2.28. The minimum atomic E-state index is 0.624. The van der Waals surface area contributed by atoms with Gasteiger partial charge in [-0.05, 0) is 24.0 Å². The van der Waals surface area contributed by atoms with E-state index in [0.29, 0.717) is 6.54 Å². The van der Waals surface area contributed by atoms with E-state index >= 15 is 0 Å². The third-order valence-electron chi connectivity index (χ3n) is 3.07. The average Bonchev–Trinajstić information content (AvgIpc) is 3.13. The first kappa shape index (κ1) is 11.4. The monoisotopic (exact) mass is 216 g/mol. The molecule has 2 rings (SSSR count). The summed E-state index contributed by atoms with van der Waals surface area (Å²) in [6.07, 6.45) is 4.68. The van der Waals surface area contributed by atoms with Crippen molar-refractivity contribution in [2.45, 2.75) is 32.0 Å². The zero-order chi connectivity index (χ0) is 11.4. The normalized spacial score (nSPS) is 15.4. The smallest absolute Gasteiger partial charge is 0.0239 e. The lowest BCUT2D eigenvalue weighted by Gasteiger charge is -2.20. The van der Waals surface area contributed by atoms with Crippen LogP contribution in [0.15, 0.2) is 36.9 Å². The van der Waals surface area contributed by atoms with Crippen LogP contribution >= 0.6 is 0 Å². The van der Waals surface area contributed by atoms with Crippen LogP contribution in [0.25, 0.3) is 0 Å². The predicted octanol–water partition coefficient (Wildman–Crippen LogP) is 2.30. The summed E-state index contributed by atoms with van der Waals surface area (Å²) in [5, 5.41) is 0. The summed E-state index contributed by atoms with van der Waals surface area (Å²) in [6.45, 7) is 6.46. The van der Waals surface area contributed by atoms with Gasteiger partial charge in [-0.2, -0.15) is 0 Å². The summed E-state index contributed by atoms with van der Waals surface area (Å²) >= 11 is 0. The summed E-state index contributed by atoms with van der Waals surface area (Å²) < 4.78 is 0. The average molecular weight is 216 g/mol. The first-order valence-corrected chi connectivity index (χ1v) is 5.96. The fraction of sp³-hybridized carbons (Fsp3) is 0.429. The van der Waals surface area contributed by atoms with Gasteiger partial charge in [0.05, 0.1) is 0 Å². The molecule has 0 spiro atoms. The molecule has 2 heteroatoms. The van der Waals surface area contributed by atoms with Gasteiger partial charge in [-0.25, -0.2) is 0 Å². The van der Waals surface area contributed by atoms with Crippen LogP contribution in [0.5, 0.6) is 0 Å². The van der Waals surface area contributed by atoms with E-state index in [1.165, 1.54) is 24.0 Å². The number of benzene rings is 1. The second kappa shape index (κ2) is 5.28. The summed E-state index contributed by atoms with van der Waals surface area (Å²) in [7, 11) is 0. The Morgan fingerprint density at radius 1 is 1.25 bits per heavy atom. The third kappa shape index (κ3) is 2.94. The number of nitrogens with two attached hydrogens (primary N) is 1. The summed E-state index contributed by atoms with van der Waals surface area (Å²) in [5.41, 5.74) is 8.15. The van der Waals surface area contributed by atoms with Crippen LogP contribution in [0, 0.1) is 0 Å². The molecule has 0 aliphatic heterocycles. The zero-order valence-electron chi connectivity index (χ0n) is 9.73. The van der Waals surface area contributed by atoms with E-state index in [4.69, 9.17) is 5.73 Å². The molecule has 0 atom stereocenters. The fourth-order valence-corrected chi connectivity index (χ4v) is 1.96. The molecule has 1 aromatic carbocycles. The molecule has 0 heterocycles. The van der Waals surface area contributed by atoms with Gasteiger partial charge in [-0.15, -0.1) is 6.58 Å². The second-order valence-corrected chi connectivity index (χ2v) is 4.47. The topological polar surface area (TPSA) is 29.3 Å². The number of hydrogen-bond donors (Lipinski definition) is 1. The van der Waals surface area contributed by atoms with Gasteiger partial charge in [0.25, 0.3) is 0 Å². The van der Waals surface area contributed by atoms with Crippen LogP contribution in [0.2, 0.25) is 0 Å². The van der Waals surface area contributed by atoms with Crippen molar-refractivity contribution in [3.8, 4) is 0 Å². The molecule has 1 aromatic rings. The molecular formula is C14H20N2. The lowest BCUT2D eigenvalue weighted by atomic mass is 10.1. The van der Waals surface area contributed by atoms with Gasteiger partial charge >= 0.3 is 0 Å². The van der Waals surface area contributed by atoms with E-state index in [2.05, 4.69) is 35.7 Å². The van der Waals surface area contributed by atoms with Crippen LogP contribution in [-0.4, -0.2) is 17.5 Å². The maximum atomic E-state index is 5.58. The molecule has 0 radical (unpaired) electrons. The maximum absolute atomic E-state index is 5.58. The SMILES string of the molecule is C=CCN(Cc1ccc(CN)cc1)C1CC1. The van der Waals surface area contributed by atoms with Crippen LogP contribution in [0.4, 0.5) is 0 Å². The lowest BCUT2D eigenvalue weighted by molar-refractivity contribution is 0.284. The highest BCUT2D eigenvalue weighted by Gasteiger charge is 2.27. The Kier molecular flexibility index (Phi) is 3.75. The minimum absolute atomic E-state index is 0.624. The Morgan fingerprint density at radius 3 is 2.38 bits per heavy atom. The number of hydrogen-bond acceptors (Lipinski definition) is 2. The van der Waals surface area contributed by atoms with E-state index in [9.17, 15) is 0 Å². The third-order valence-corrected chi connectivity index (χ3v) is 3.07. The van der Waals surface area contributed by atoms with Gasteiger partial charge in [0.2, 0.25) is 0 Å². The summed E-state index contributed by atoms with van der Waals surface area (Å²) in [4.78, 5) is 2.49. The molecule has 86 valence electrons. The Hall–Kier alpha value is -1.12. The number of nitrogens with zero attached hydrogens (tertiary/aromatic N) is 1. The standard InChI is InChI=1S/C14H20N2/c1-2-9-16(14-7-8-14)11-13-5-3-12(10-15)4-6-13/h2-6,14H,1,7-11,15H2. The lowest BCUT2D eigenvalue weighted by Crippen LogP contribution is -2.25. The Morgan fingerprint density at radius 2 is 1.88 bits per heavy atom. The molecule has 0 bridgehead atoms. The first-order chi connectivity index (χ1) is 7.83. The maximum Gasteiger partial charge on any atom is 0.0239 e. The summed E-state index contributed by atoms with van der Waals surface area (Å²) in [5.74, 6) is 0. The molecule has 0 aromatic heterocycles. The van der Waals surface area contributed by atoms with Gasteiger partial charge in [0, 0.05) is 25.7 Å². The van der Waals surface area contributed by atoms with Gasteiger partial charge < -0.3 is 5.73 Å². The van der Waals surface area contributed by atoms with Crippen LogP contribution in [0.1, 0.15) is 24.0 Å². The quantitative estimate of drug-likeness (QED) is 0.739. The Labute approximate surface area is 97.8 Å². The van der Waals surface area contributed by atoms with E-state index in [-0.39, 0.29) is 0 Å². The molecule has 0 saturated heterocycles. The highest BCUT2D eigenvalue weighted by molar-refractivity contribution is 5.22. The molecule has 2 N–H and O–H groups in total. The van der Waals surface area contributed by atoms with Crippen molar-refractivity contribution in [3.63, 3.8) is 0 Å². The Balaban J connectivity index is 1.97. The van der Waals surface area contributed by atoms with Gasteiger partial charge in [-0.1, -0.05) is 30.3 Å². The molecule has 1 aliphatic rings. The largest absolute Gasteiger partial charge is 0.326 e. The molecule has 0 amide bonds. The van der Waals surface area contributed by atoms with Crippen molar-refractivity contribution in [2.75, 3.05) is 6.54 Å². The predicted molar refractivity (Wildman–Crippen MR) is 68.0 cm³/mol. The van der Waals surface area contributed by atoms with Gasteiger partial charge in [-0.3, -0.25) is 4.90 Å². The van der Waals surface area contributed by atoms with Crippen molar-refractivity contribution in [1.29, 1.82) is 0 Å². The summed E-state index contributed by atoms with van der Waals surface area (Å²) in [6, 6.07) is 9.39. The Bertz CT molecular complexity index is 338. The van der Waals surface area contributed by atoms with E-state index in [0.717, 1.165) is 19.1 Å². The van der Waals surface area contributed by atoms with Crippen molar-refractivity contribution in [2.24, 2.45) is 5.73 Å². The molecule has 1 aliphatic carbocycles. The van der Waals surface area contributed by atoms with Crippen molar-refractivity contribution in [1.82, 2.24) is 4.90 Å². The molecule has 1 saturated carbocycles. The minimum Gasteiger partial charge on any atom is -0.326 e. The van der Waals surface area contributed by atoms with Crippen molar-refractivity contribution >= 4 is 0 Å². The molecule has 2 nitrogen and oxygen atoms in total. The zero-order valence-corrected chi connectivity index (χ0v) is 9.73.